The Morgan fingerprint density at radius 2 is 2.05 bits per heavy atom. The number of thioether (sulfide) groups is 1. The molecule has 0 radical (unpaired) electrons. The first kappa shape index (κ1) is 28.4. The van der Waals surface area contributed by atoms with E-state index in [4.69, 9.17) is 15.3 Å². The number of nitrogen functional groups attached to an aromatic ring is 1. The number of nitrogens with zero attached hydrogens (tertiary/aromatic N) is 3. The number of aromatic nitrogens is 1. The second kappa shape index (κ2) is 11.2. The molecule has 2 aromatic rings. The summed E-state index contributed by atoms with van der Waals surface area (Å²) in [5.74, 6) is -2.32. The molecule has 2 atom stereocenters. The number of ether oxygens (including phenoxy) is 1. The van der Waals surface area contributed by atoms with Crippen molar-refractivity contribution in [3.8, 4) is 5.75 Å². The van der Waals surface area contributed by atoms with Crippen LogP contribution in [0.3, 0.4) is 0 Å². The van der Waals surface area contributed by atoms with Crippen LogP contribution in [0.15, 0.2) is 40.0 Å². The summed E-state index contributed by atoms with van der Waals surface area (Å²) in [6.07, 6.45) is 0.952. The first-order valence-electron chi connectivity index (χ1n) is 11.3. The first-order valence-corrected chi connectivity index (χ1v) is 15.1. The number of benzene rings is 1. The molecule has 0 spiro atoms. The number of rotatable bonds is 11. The fraction of sp³-hybridized carbons (Fsp3) is 0.348. The van der Waals surface area contributed by atoms with Crippen LogP contribution in [-0.2, 0) is 35.7 Å². The summed E-state index contributed by atoms with van der Waals surface area (Å²) in [5, 5.41) is 15.0. The molecule has 3 heterocycles. The van der Waals surface area contributed by atoms with Crippen molar-refractivity contribution in [1.29, 1.82) is 0 Å². The molecular weight excluding hydrogens is 570 g/mol. The molecule has 4 N–H and O–H groups in total. The number of methoxy groups -OCH3 is 1. The van der Waals surface area contributed by atoms with Crippen LogP contribution in [0.5, 0.6) is 5.75 Å². The minimum atomic E-state index is -3.56. The SMILES string of the molecule is CO/N=C(\C(=O)C[C@@H]1C(=O)N2C(C(=O)O)=C(Cc3cc(NS(C)(=O)=O)cc(OC)c3)CS[C@H]12)c1csc(N)n1. The highest BCUT2D eigenvalue weighted by Gasteiger charge is 2.54. The number of amides is 1. The summed E-state index contributed by atoms with van der Waals surface area (Å²) in [6, 6.07) is 4.75. The zero-order chi connectivity index (χ0) is 28.5. The summed E-state index contributed by atoms with van der Waals surface area (Å²) in [7, 11) is -0.844. The summed E-state index contributed by atoms with van der Waals surface area (Å²) in [5.41, 5.74) is 7.01. The van der Waals surface area contributed by atoms with Crippen LogP contribution < -0.4 is 15.2 Å². The maximum absolute atomic E-state index is 13.1. The minimum absolute atomic E-state index is 0.0660. The number of β-lactam (4-membered cyclic amide) rings is 1. The maximum Gasteiger partial charge on any atom is 0.352 e. The smallest absolute Gasteiger partial charge is 0.352 e. The van der Waals surface area contributed by atoms with E-state index in [-0.39, 0.29) is 46.5 Å². The number of oxime groups is 1. The second-order valence-corrected chi connectivity index (χ2v) is 12.5. The number of ketones is 1. The van der Waals surface area contributed by atoms with E-state index < -0.39 is 39.0 Å². The van der Waals surface area contributed by atoms with Gasteiger partial charge in [-0.3, -0.25) is 19.2 Å². The van der Waals surface area contributed by atoms with Gasteiger partial charge in [-0.25, -0.2) is 18.2 Å². The topological polar surface area (TPSA) is 191 Å². The van der Waals surface area contributed by atoms with Crippen molar-refractivity contribution >= 4 is 67.3 Å². The van der Waals surface area contributed by atoms with Crippen LogP contribution >= 0.6 is 23.1 Å². The van der Waals surface area contributed by atoms with Crippen LogP contribution in [-0.4, -0.2) is 78.4 Å². The van der Waals surface area contributed by atoms with Crippen molar-refractivity contribution in [2.45, 2.75) is 18.2 Å². The van der Waals surface area contributed by atoms with Crippen LogP contribution in [0.1, 0.15) is 17.7 Å². The zero-order valence-electron chi connectivity index (χ0n) is 21.0. The fourth-order valence-corrected chi connectivity index (χ4v) is 6.89. The van der Waals surface area contributed by atoms with Crippen molar-refractivity contribution in [1.82, 2.24) is 9.88 Å². The molecule has 0 bridgehead atoms. The van der Waals surface area contributed by atoms with Gasteiger partial charge in [-0.2, -0.15) is 0 Å². The van der Waals surface area contributed by atoms with E-state index in [1.165, 1.54) is 36.9 Å². The Hall–Kier alpha value is -3.63. The van der Waals surface area contributed by atoms with E-state index in [0.29, 0.717) is 16.9 Å². The highest BCUT2D eigenvalue weighted by molar-refractivity contribution is 8.00. The van der Waals surface area contributed by atoms with Gasteiger partial charge in [0.1, 0.15) is 24.3 Å². The number of carbonyl (C=O) groups is 3. The van der Waals surface area contributed by atoms with Crippen molar-refractivity contribution in [3.05, 3.63) is 46.1 Å². The number of Topliss-reactive ketones (excluding diaryl/α,β-unsaturated/α-hetero) is 1. The third-order valence-corrected chi connectivity index (χ3v) is 8.58. The Balaban J connectivity index is 1.56. The molecule has 39 heavy (non-hydrogen) atoms. The van der Waals surface area contributed by atoms with E-state index >= 15 is 0 Å². The molecule has 208 valence electrons. The Morgan fingerprint density at radius 1 is 1.31 bits per heavy atom. The molecule has 2 aliphatic rings. The summed E-state index contributed by atoms with van der Waals surface area (Å²) >= 11 is 2.48. The quantitative estimate of drug-likeness (QED) is 0.194. The normalized spacial score (nSPS) is 19.3. The molecule has 1 saturated heterocycles. The average Bonchev–Trinajstić information content (AvgIpc) is 3.29. The summed E-state index contributed by atoms with van der Waals surface area (Å²) < 4.78 is 31.0. The van der Waals surface area contributed by atoms with Gasteiger partial charge in [-0.05, 0) is 29.7 Å². The molecule has 0 saturated carbocycles. The third kappa shape index (κ3) is 6.17. The fourth-order valence-electron chi connectivity index (χ4n) is 4.38. The van der Waals surface area contributed by atoms with E-state index in [9.17, 15) is 27.9 Å². The van der Waals surface area contributed by atoms with Crippen molar-refractivity contribution in [2.24, 2.45) is 11.1 Å². The molecule has 1 amide bonds. The van der Waals surface area contributed by atoms with Gasteiger partial charge in [0, 0.05) is 23.6 Å². The van der Waals surface area contributed by atoms with Gasteiger partial charge in [0.25, 0.3) is 0 Å². The number of sulfonamides is 1. The molecule has 1 fully saturated rings. The lowest BCUT2D eigenvalue weighted by atomic mass is 9.88. The van der Waals surface area contributed by atoms with E-state index in [2.05, 4.69) is 14.9 Å². The van der Waals surface area contributed by atoms with Gasteiger partial charge in [-0.15, -0.1) is 23.1 Å². The van der Waals surface area contributed by atoms with Crippen LogP contribution in [0.25, 0.3) is 0 Å². The lowest BCUT2D eigenvalue weighted by molar-refractivity contribution is -0.153. The predicted molar refractivity (Wildman–Crippen MR) is 146 cm³/mol. The van der Waals surface area contributed by atoms with Gasteiger partial charge in [0.05, 0.1) is 30.3 Å². The molecule has 16 heteroatoms. The van der Waals surface area contributed by atoms with Gasteiger partial charge in [-0.1, -0.05) is 5.16 Å². The van der Waals surface area contributed by atoms with E-state index in [1.54, 1.807) is 17.5 Å². The molecular formula is C23H25N5O8S3. The molecule has 0 aliphatic carbocycles. The van der Waals surface area contributed by atoms with Gasteiger partial charge >= 0.3 is 5.97 Å². The second-order valence-electron chi connectivity index (χ2n) is 8.72. The molecule has 4 rings (SSSR count). The number of hydrogen-bond acceptors (Lipinski definition) is 12. The third-order valence-electron chi connectivity index (χ3n) is 5.90. The first-order chi connectivity index (χ1) is 18.4. The van der Waals surface area contributed by atoms with Crippen molar-refractivity contribution in [2.75, 3.05) is 36.7 Å². The lowest BCUT2D eigenvalue weighted by Crippen LogP contribution is -2.62. The Kier molecular flexibility index (Phi) is 8.17. The number of anilines is 2. The standard InChI is InChI=1S/C23H25N5O8S3/c1-35-14-6-11(5-13(7-14)27-39(3,33)34)4-12-9-37-21-15(20(30)28(21)19(12)22(31)32)8-17(29)18(26-36-2)16-10-38-23(24)25-16/h5-7,10,15,21,27H,4,8-9H2,1-3H3,(H2,24,25)(H,31,32)/b26-18-/t15-,21-/m1/s1. The Labute approximate surface area is 232 Å². The van der Waals surface area contributed by atoms with Gasteiger partial charge < -0.3 is 20.4 Å². The average molecular weight is 596 g/mol. The molecule has 1 aromatic carbocycles. The van der Waals surface area contributed by atoms with E-state index in [0.717, 1.165) is 17.6 Å². The van der Waals surface area contributed by atoms with Crippen LogP contribution in [0.4, 0.5) is 10.8 Å². The highest BCUT2D eigenvalue weighted by Crippen LogP contribution is 2.46. The number of carboxylic acids is 1. The molecule has 2 aliphatic heterocycles. The Morgan fingerprint density at radius 3 is 2.64 bits per heavy atom. The zero-order valence-corrected chi connectivity index (χ0v) is 23.5. The molecule has 1 aromatic heterocycles. The maximum atomic E-state index is 13.1. The highest BCUT2D eigenvalue weighted by atomic mass is 32.2. The number of thiazole rings is 1. The number of hydrogen-bond donors (Lipinski definition) is 3. The van der Waals surface area contributed by atoms with Crippen LogP contribution in [0.2, 0.25) is 0 Å². The molecule has 13 nitrogen and oxygen atoms in total. The van der Waals surface area contributed by atoms with Gasteiger partial charge in [0.15, 0.2) is 16.6 Å². The summed E-state index contributed by atoms with van der Waals surface area (Å²) in [6.45, 7) is 0. The minimum Gasteiger partial charge on any atom is -0.497 e. The Bertz CT molecular complexity index is 1500. The van der Waals surface area contributed by atoms with Gasteiger partial charge in [0.2, 0.25) is 15.9 Å². The lowest BCUT2D eigenvalue weighted by Gasteiger charge is -2.49. The number of carbonyl (C=O) groups excluding carboxylic acids is 2. The number of fused-ring (bicyclic) bond motifs is 1. The largest absolute Gasteiger partial charge is 0.497 e. The molecule has 0 unspecified atom stereocenters. The van der Waals surface area contributed by atoms with Crippen LogP contribution in [0, 0.1) is 5.92 Å². The number of carboxylic acid groups (broad SMARTS) is 1. The van der Waals surface area contributed by atoms with E-state index in [1.807, 2.05) is 0 Å². The number of aliphatic carboxylic acids is 1. The monoisotopic (exact) mass is 595 g/mol. The number of nitrogens with two attached hydrogens (primary N) is 1. The predicted octanol–water partition coefficient (Wildman–Crippen LogP) is 1.53. The number of nitrogens with one attached hydrogen (secondary N) is 1. The van der Waals surface area contributed by atoms with Crippen molar-refractivity contribution in [3.63, 3.8) is 0 Å². The van der Waals surface area contributed by atoms with Crippen molar-refractivity contribution < 1.29 is 37.5 Å². The summed E-state index contributed by atoms with van der Waals surface area (Å²) in [4.78, 5) is 48.5.